The van der Waals surface area contributed by atoms with Crippen molar-refractivity contribution in [1.82, 2.24) is 5.32 Å². The van der Waals surface area contributed by atoms with Gasteiger partial charge in [0.2, 0.25) is 11.8 Å². The Morgan fingerprint density at radius 3 is 2.26 bits per heavy atom. The highest BCUT2D eigenvalue weighted by atomic mass is 16.4. The smallest absolute Gasteiger partial charge is 0.326 e. The van der Waals surface area contributed by atoms with Gasteiger partial charge in [0.15, 0.2) is 0 Å². The number of carbonyl (C=O) groups excluding carboxylic acids is 2. The highest BCUT2D eigenvalue weighted by Gasteiger charge is 2.22. The number of nitrogens with two attached hydrogens (primary N) is 3. The van der Waals surface area contributed by atoms with E-state index in [1.54, 1.807) is 0 Å². The molecule has 0 aromatic heterocycles. The van der Waals surface area contributed by atoms with E-state index in [0.717, 1.165) is 0 Å². The summed E-state index contributed by atoms with van der Waals surface area (Å²) >= 11 is 0. The van der Waals surface area contributed by atoms with E-state index in [-0.39, 0.29) is 12.8 Å². The van der Waals surface area contributed by atoms with E-state index < -0.39 is 29.9 Å². The Hall–Kier alpha value is -1.67. The number of amides is 2. The second kappa shape index (κ2) is 9.29. The second-order valence-electron chi connectivity index (χ2n) is 4.30. The fraction of sp³-hybridized carbons (Fsp3) is 0.727. The van der Waals surface area contributed by atoms with Crippen molar-refractivity contribution < 1.29 is 19.5 Å². The van der Waals surface area contributed by atoms with Gasteiger partial charge in [-0.2, -0.15) is 0 Å². The fourth-order valence-electron chi connectivity index (χ4n) is 1.46. The number of aliphatic carboxylic acids is 1. The van der Waals surface area contributed by atoms with Crippen LogP contribution in [0, 0.1) is 0 Å². The van der Waals surface area contributed by atoms with E-state index in [2.05, 4.69) is 5.32 Å². The predicted octanol–water partition coefficient (Wildman–Crippen LogP) is -1.72. The quantitative estimate of drug-likeness (QED) is 0.297. The maximum Gasteiger partial charge on any atom is 0.326 e. The van der Waals surface area contributed by atoms with Crippen molar-refractivity contribution in [3.63, 3.8) is 0 Å². The molecule has 19 heavy (non-hydrogen) atoms. The number of hydrogen-bond acceptors (Lipinski definition) is 5. The molecule has 0 bridgehead atoms. The summed E-state index contributed by atoms with van der Waals surface area (Å²) < 4.78 is 0. The Balaban J connectivity index is 4.21. The highest BCUT2D eigenvalue weighted by molar-refractivity contribution is 5.87. The third kappa shape index (κ3) is 8.11. The molecule has 0 saturated carbocycles. The third-order valence-corrected chi connectivity index (χ3v) is 2.60. The molecule has 0 unspecified atom stereocenters. The molecule has 0 heterocycles. The van der Waals surface area contributed by atoms with Gasteiger partial charge in [0, 0.05) is 6.42 Å². The Bertz CT molecular complexity index is 322. The lowest BCUT2D eigenvalue weighted by atomic mass is 10.1. The minimum absolute atomic E-state index is 0.0144. The molecule has 0 rings (SSSR count). The van der Waals surface area contributed by atoms with E-state index in [9.17, 15) is 14.4 Å². The first-order valence-corrected chi connectivity index (χ1v) is 6.15. The summed E-state index contributed by atoms with van der Waals surface area (Å²) in [6, 6.07) is -1.93. The first-order chi connectivity index (χ1) is 8.88. The molecule has 0 aliphatic rings. The lowest BCUT2D eigenvalue weighted by Gasteiger charge is -2.17. The van der Waals surface area contributed by atoms with Crippen molar-refractivity contribution >= 4 is 17.8 Å². The summed E-state index contributed by atoms with van der Waals surface area (Å²) in [5.74, 6) is -2.27. The van der Waals surface area contributed by atoms with Crippen molar-refractivity contribution in [2.75, 3.05) is 6.54 Å². The van der Waals surface area contributed by atoms with Crippen molar-refractivity contribution in [2.45, 2.75) is 44.2 Å². The van der Waals surface area contributed by atoms with Crippen LogP contribution in [0.5, 0.6) is 0 Å². The van der Waals surface area contributed by atoms with Crippen molar-refractivity contribution in [2.24, 2.45) is 17.2 Å². The Labute approximate surface area is 111 Å². The zero-order chi connectivity index (χ0) is 14.8. The summed E-state index contributed by atoms with van der Waals surface area (Å²) in [6.45, 7) is 0.471. The molecule has 8 heteroatoms. The maximum atomic E-state index is 11.6. The Kier molecular flexibility index (Phi) is 8.47. The van der Waals surface area contributed by atoms with E-state index in [0.29, 0.717) is 25.8 Å². The molecular weight excluding hydrogens is 252 g/mol. The third-order valence-electron chi connectivity index (χ3n) is 2.60. The molecule has 0 fully saturated rings. The summed E-state index contributed by atoms with van der Waals surface area (Å²) in [7, 11) is 0. The van der Waals surface area contributed by atoms with Gasteiger partial charge in [-0.15, -0.1) is 0 Å². The summed E-state index contributed by atoms with van der Waals surface area (Å²) in [5.41, 5.74) is 15.8. The van der Waals surface area contributed by atoms with Crippen LogP contribution in [-0.2, 0) is 14.4 Å². The van der Waals surface area contributed by atoms with E-state index >= 15 is 0 Å². The molecule has 0 spiro atoms. The fourth-order valence-corrected chi connectivity index (χ4v) is 1.46. The van der Waals surface area contributed by atoms with Gasteiger partial charge in [-0.05, 0) is 32.2 Å². The molecule has 0 radical (unpaired) electrons. The minimum Gasteiger partial charge on any atom is -0.480 e. The molecule has 0 aliphatic heterocycles. The SMILES string of the molecule is NCCCC[C@@H](NC(=O)[C@@H](N)CCC(N)=O)C(=O)O. The predicted molar refractivity (Wildman–Crippen MR) is 68.9 cm³/mol. The molecule has 0 aromatic carbocycles. The number of primary amides is 1. The van der Waals surface area contributed by atoms with Gasteiger partial charge in [0.1, 0.15) is 6.04 Å². The van der Waals surface area contributed by atoms with Crippen LogP contribution in [0.4, 0.5) is 0 Å². The van der Waals surface area contributed by atoms with Crippen molar-refractivity contribution in [1.29, 1.82) is 0 Å². The maximum absolute atomic E-state index is 11.6. The average Bonchev–Trinajstić information content (AvgIpc) is 2.34. The molecule has 0 aromatic rings. The molecular formula is C11H22N4O4. The van der Waals surface area contributed by atoms with Crippen molar-refractivity contribution in [3.8, 4) is 0 Å². The molecule has 0 saturated heterocycles. The summed E-state index contributed by atoms with van der Waals surface area (Å²) in [6.07, 6.45) is 1.66. The van der Waals surface area contributed by atoms with Crippen LogP contribution in [-0.4, -0.2) is 41.5 Å². The number of hydrogen-bond donors (Lipinski definition) is 5. The van der Waals surface area contributed by atoms with Crippen LogP contribution in [0.25, 0.3) is 0 Å². The van der Waals surface area contributed by atoms with Crippen molar-refractivity contribution in [3.05, 3.63) is 0 Å². The van der Waals surface area contributed by atoms with Gasteiger partial charge < -0.3 is 27.6 Å². The van der Waals surface area contributed by atoms with Crippen LogP contribution in [0.3, 0.4) is 0 Å². The first kappa shape index (κ1) is 17.3. The lowest BCUT2D eigenvalue weighted by Crippen LogP contribution is -2.48. The van der Waals surface area contributed by atoms with Crippen LogP contribution in [0.2, 0.25) is 0 Å². The molecule has 8 nitrogen and oxygen atoms in total. The average molecular weight is 274 g/mol. The summed E-state index contributed by atoms with van der Waals surface area (Å²) in [5, 5.41) is 11.3. The van der Waals surface area contributed by atoms with Crippen LogP contribution >= 0.6 is 0 Å². The van der Waals surface area contributed by atoms with E-state index in [1.807, 2.05) is 0 Å². The largest absolute Gasteiger partial charge is 0.480 e. The topological polar surface area (TPSA) is 162 Å². The number of unbranched alkanes of at least 4 members (excludes halogenated alkanes) is 1. The lowest BCUT2D eigenvalue weighted by molar-refractivity contribution is -0.142. The van der Waals surface area contributed by atoms with E-state index in [4.69, 9.17) is 22.3 Å². The standard InChI is InChI=1S/C11H22N4O4/c12-6-2-1-3-8(11(18)19)15-10(17)7(13)4-5-9(14)16/h7-8H,1-6,12-13H2,(H2,14,16)(H,15,17)(H,18,19)/t7-,8+/m0/s1. The molecule has 0 aliphatic carbocycles. The zero-order valence-corrected chi connectivity index (χ0v) is 10.8. The van der Waals surface area contributed by atoms with Gasteiger partial charge in [-0.1, -0.05) is 0 Å². The number of carboxylic acids is 1. The second-order valence-corrected chi connectivity index (χ2v) is 4.30. The Morgan fingerprint density at radius 2 is 1.79 bits per heavy atom. The van der Waals surface area contributed by atoms with Gasteiger partial charge in [-0.25, -0.2) is 4.79 Å². The van der Waals surface area contributed by atoms with Gasteiger partial charge >= 0.3 is 5.97 Å². The Morgan fingerprint density at radius 1 is 1.16 bits per heavy atom. The zero-order valence-electron chi connectivity index (χ0n) is 10.8. The molecule has 8 N–H and O–H groups in total. The van der Waals surface area contributed by atoms with Gasteiger partial charge in [-0.3, -0.25) is 9.59 Å². The van der Waals surface area contributed by atoms with Crippen LogP contribution < -0.4 is 22.5 Å². The minimum atomic E-state index is -1.12. The van der Waals surface area contributed by atoms with E-state index in [1.165, 1.54) is 0 Å². The number of carbonyl (C=O) groups is 3. The van der Waals surface area contributed by atoms with Gasteiger partial charge in [0.05, 0.1) is 6.04 Å². The molecule has 2 amide bonds. The highest BCUT2D eigenvalue weighted by Crippen LogP contribution is 2.02. The normalized spacial score (nSPS) is 13.6. The first-order valence-electron chi connectivity index (χ1n) is 6.15. The number of nitrogens with one attached hydrogen (secondary N) is 1. The monoisotopic (exact) mass is 274 g/mol. The number of carboxylic acid groups (broad SMARTS) is 1. The summed E-state index contributed by atoms with van der Waals surface area (Å²) in [4.78, 5) is 33.1. The number of rotatable bonds is 10. The molecule has 110 valence electrons. The van der Waals surface area contributed by atoms with Gasteiger partial charge in [0.25, 0.3) is 0 Å². The van der Waals surface area contributed by atoms with Crippen LogP contribution in [0.1, 0.15) is 32.1 Å². The molecule has 2 atom stereocenters. The van der Waals surface area contributed by atoms with Crippen LogP contribution in [0.15, 0.2) is 0 Å².